The maximum atomic E-state index is 12.8. The van der Waals surface area contributed by atoms with Gasteiger partial charge in [0.2, 0.25) is 5.96 Å². The number of aromatic nitrogens is 2. The number of hydrogen-bond acceptors (Lipinski definition) is 5. The third-order valence-corrected chi connectivity index (χ3v) is 3.30. The molecule has 0 aliphatic carbocycles. The van der Waals surface area contributed by atoms with Crippen LogP contribution < -0.4 is 16.4 Å². The van der Waals surface area contributed by atoms with Gasteiger partial charge in [0, 0.05) is 13.2 Å². The monoisotopic (exact) mass is 302 g/mol. The van der Waals surface area contributed by atoms with Crippen molar-refractivity contribution in [2.45, 2.75) is 32.6 Å². The van der Waals surface area contributed by atoms with E-state index in [2.05, 4.69) is 20.7 Å². The largest absolute Gasteiger partial charge is 0.417 e. The van der Waals surface area contributed by atoms with Gasteiger partial charge >= 0.3 is 6.18 Å². The predicted octanol–water partition coefficient (Wildman–Crippen LogP) is 1.53. The second-order valence-corrected chi connectivity index (χ2v) is 5.10. The first-order chi connectivity index (χ1) is 9.52. The summed E-state index contributed by atoms with van der Waals surface area (Å²) < 4.78 is 40.2. The molecule has 0 bridgehead atoms. The smallest absolute Gasteiger partial charge is 0.332 e. The normalized spacial score (nSPS) is 22.5. The van der Waals surface area contributed by atoms with Gasteiger partial charge in [0.05, 0.1) is 22.6 Å². The zero-order valence-corrected chi connectivity index (χ0v) is 12.1. The Kier molecular flexibility index (Phi) is 3.48. The van der Waals surface area contributed by atoms with Crippen molar-refractivity contribution in [3.05, 3.63) is 23.2 Å². The van der Waals surface area contributed by atoms with Crippen LogP contribution in [0, 0.1) is 13.8 Å². The molecule has 0 fully saturated rings. The lowest BCUT2D eigenvalue weighted by Crippen LogP contribution is -2.49. The Hall–Kier alpha value is -2.03. The molecule has 6 nitrogen and oxygen atoms in total. The zero-order valence-electron chi connectivity index (χ0n) is 12.1. The standard InChI is InChI=1S/C12H17F3N6/c1-6-9(7(2)21(4)20-6)18-10-17-5-8(12(13,14)15)11(3,16)19-10/h5H,16H2,1-4H3,(H2,17,18,19). The summed E-state index contributed by atoms with van der Waals surface area (Å²) in [4.78, 5) is 3.90. The first-order valence-corrected chi connectivity index (χ1v) is 6.22. The Labute approximate surface area is 119 Å². The van der Waals surface area contributed by atoms with Gasteiger partial charge in [0.25, 0.3) is 0 Å². The second kappa shape index (κ2) is 4.76. The van der Waals surface area contributed by atoms with Crippen LogP contribution in [0.25, 0.3) is 0 Å². The Bertz CT molecular complexity index is 624. The maximum absolute atomic E-state index is 12.8. The number of rotatable bonds is 1. The van der Waals surface area contributed by atoms with E-state index in [9.17, 15) is 13.2 Å². The third kappa shape index (κ3) is 2.87. The minimum absolute atomic E-state index is 0.146. The zero-order chi connectivity index (χ0) is 16.0. The topological polar surface area (TPSA) is 80.3 Å². The molecule has 2 rings (SSSR count). The lowest BCUT2D eigenvalue weighted by molar-refractivity contribution is -0.100. The molecule has 1 aromatic rings. The van der Waals surface area contributed by atoms with E-state index in [4.69, 9.17) is 5.73 Å². The number of aliphatic imine (C=N–C) groups is 1. The fourth-order valence-corrected chi connectivity index (χ4v) is 2.12. The molecule has 116 valence electrons. The van der Waals surface area contributed by atoms with Crippen LogP contribution in [0.2, 0.25) is 0 Å². The highest BCUT2D eigenvalue weighted by Crippen LogP contribution is 2.34. The van der Waals surface area contributed by atoms with Crippen molar-refractivity contribution >= 4 is 11.6 Å². The molecule has 0 amide bonds. The summed E-state index contributed by atoms with van der Waals surface area (Å²) >= 11 is 0. The average molecular weight is 302 g/mol. The quantitative estimate of drug-likeness (QED) is 0.735. The highest BCUT2D eigenvalue weighted by Gasteiger charge is 2.45. The van der Waals surface area contributed by atoms with Crippen molar-refractivity contribution in [3.8, 4) is 0 Å². The highest BCUT2D eigenvalue weighted by molar-refractivity contribution is 5.96. The number of aryl methyl sites for hydroxylation is 2. The fraction of sp³-hybridized carbons (Fsp3) is 0.500. The van der Waals surface area contributed by atoms with Crippen LogP contribution in [-0.4, -0.2) is 27.6 Å². The number of anilines is 1. The van der Waals surface area contributed by atoms with E-state index in [0.717, 1.165) is 11.9 Å². The van der Waals surface area contributed by atoms with E-state index < -0.39 is 17.4 Å². The fourth-order valence-electron chi connectivity index (χ4n) is 2.12. The number of hydrogen-bond donors (Lipinski definition) is 3. The van der Waals surface area contributed by atoms with Gasteiger partial charge in [-0.2, -0.15) is 18.3 Å². The Morgan fingerprint density at radius 3 is 2.43 bits per heavy atom. The molecular formula is C12H17F3N6. The van der Waals surface area contributed by atoms with Crippen LogP contribution in [0.15, 0.2) is 16.8 Å². The molecule has 9 heteroatoms. The maximum Gasteiger partial charge on any atom is 0.417 e. The van der Waals surface area contributed by atoms with Crippen LogP contribution in [0.5, 0.6) is 0 Å². The van der Waals surface area contributed by atoms with Crippen LogP contribution >= 0.6 is 0 Å². The van der Waals surface area contributed by atoms with Gasteiger partial charge in [-0.15, -0.1) is 0 Å². The molecule has 0 saturated heterocycles. The Balaban J connectivity index is 2.27. The third-order valence-electron chi connectivity index (χ3n) is 3.30. The molecule has 1 aliphatic heterocycles. The SMILES string of the molecule is Cc1nn(C)c(C)c1NC1=NC(C)(N)C(C(F)(F)F)=CN1. The summed E-state index contributed by atoms with van der Waals surface area (Å²) in [7, 11) is 1.78. The molecule has 0 radical (unpaired) electrons. The van der Waals surface area contributed by atoms with Crippen molar-refractivity contribution in [1.82, 2.24) is 15.1 Å². The van der Waals surface area contributed by atoms with Crippen LogP contribution in [-0.2, 0) is 7.05 Å². The van der Waals surface area contributed by atoms with Gasteiger partial charge in [0.1, 0.15) is 5.66 Å². The molecule has 1 unspecified atom stereocenters. The second-order valence-electron chi connectivity index (χ2n) is 5.10. The first-order valence-electron chi connectivity index (χ1n) is 6.22. The molecule has 4 N–H and O–H groups in total. The Morgan fingerprint density at radius 2 is 2.00 bits per heavy atom. The minimum atomic E-state index is -4.54. The summed E-state index contributed by atoms with van der Waals surface area (Å²) in [6.07, 6.45) is -3.71. The van der Waals surface area contributed by atoms with Crippen LogP contribution in [0.1, 0.15) is 18.3 Å². The summed E-state index contributed by atoms with van der Waals surface area (Å²) in [5, 5.41) is 9.62. The first kappa shape index (κ1) is 15.4. The van der Waals surface area contributed by atoms with E-state index in [1.165, 1.54) is 6.92 Å². The molecule has 0 saturated carbocycles. The minimum Gasteiger partial charge on any atom is -0.332 e. The molecule has 1 aromatic heterocycles. The van der Waals surface area contributed by atoms with Crippen molar-refractivity contribution in [2.24, 2.45) is 17.8 Å². The average Bonchev–Trinajstić information content (AvgIpc) is 2.53. The molecule has 21 heavy (non-hydrogen) atoms. The van der Waals surface area contributed by atoms with Gasteiger partial charge in [-0.3, -0.25) is 4.68 Å². The van der Waals surface area contributed by atoms with Gasteiger partial charge in [-0.1, -0.05) is 0 Å². The summed E-state index contributed by atoms with van der Waals surface area (Å²) in [5.41, 5.74) is 5.11. The number of alkyl halides is 3. The Morgan fingerprint density at radius 1 is 1.38 bits per heavy atom. The van der Waals surface area contributed by atoms with Crippen molar-refractivity contribution in [1.29, 1.82) is 0 Å². The number of nitrogens with zero attached hydrogens (tertiary/aromatic N) is 3. The lowest BCUT2D eigenvalue weighted by Gasteiger charge is -2.30. The van der Waals surface area contributed by atoms with Crippen molar-refractivity contribution < 1.29 is 13.2 Å². The molecule has 1 atom stereocenters. The van der Waals surface area contributed by atoms with Crippen LogP contribution in [0.4, 0.5) is 18.9 Å². The van der Waals surface area contributed by atoms with Gasteiger partial charge in [-0.25, -0.2) is 4.99 Å². The van der Waals surface area contributed by atoms with Gasteiger partial charge < -0.3 is 16.4 Å². The van der Waals surface area contributed by atoms with Crippen molar-refractivity contribution in [3.63, 3.8) is 0 Å². The molecular weight excluding hydrogens is 285 g/mol. The summed E-state index contributed by atoms with van der Waals surface area (Å²) in [6.45, 7) is 4.83. The summed E-state index contributed by atoms with van der Waals surface area (Å²) in [5.74, 6) is 0.146. The number of nitrogens with two attached hydrogens (primary N) is 1. The van der Waals surface area contributed by atoms with E-state index >= 15 is 0 Å². The molecule has 1 aliphatic rings. The molecule has 2 heterocycles. The predicted molar refractivity (Wildman–Crippen MR) is 73.6 cm³/mol. The number of nitrogens with one attached hydrogen (secondary N) is 2. The van der Waals surface area contributed by atoms with E-state index in [1.807, 2.05) is 6.92 Å². The van der Waals surface area contributed by atoms with Crippen molar-refractivity contribution in [2.75, 3.05) is 5.32 Å². The lowest BCUT2D eigenvalue weighted by atomic mass is 10.0. The highest BCUT2D eigenvalue weighted by atomic mass is 19.4. The van der Waals surface area contributed by atoms with E-state index in [-0.39, 0.29) is 5.96 Å². The van der Waals surface area contributed by atoms with Gasteiger partial charge in [-0.05, 0) is 20.8 Å². The van der Waals surface area contributed by atoms with E-state index in [0.29, 0.717) is 11.4 Å². The summed E-state index contributed by atoms with van der Waals surface area (Å²) in [6, 6.07) is 0. The number of halogens is 3. The van der Waals surface area contributed by atoms with Crippen LogP contribution in [0.3, 0.4) is 0 Å². The number of guanidine groups is 1. The molecule has 0 spiro atoms. The van der Waals surface area contributed by atoms with E-state index in [1.54, 1.807) is 18.7 Å². The van der Waals surface area contributed by atoms with Gasteiger partial charge in [0.15, 0.2) is 0 Å². The molecule has 0 aromatic carbocycles.